The van der Waals surface area contributed by atoms with Gasteiger partial charge in [-0.2, -0.15) is 0 Å². The third-order valence-corrected chi connectivity index (χ3v) is 4.59. The number of ether oxygens (including phenoxy) is 1. The number of rotatable bonds is 6. The van der Waals surface area contributed by atoms with Crippen molar-refractivity contribution in [1.29, 1.82) is 0 Å². The highest BCUT2D eigenvalue weighted by Crippen LogP contribution is 2.26. The molecule has 0 unspecified atom stereocenters. The van der Waals surface area contributed by atoms with E-state index in [9.17, 15) is 14.9 Å². The lowest BCUT2D eigenvalue weighted by atomic mass is 10.1. The molecule has 1 amide bonds. The maximum Gasteiger partial charge on any atom is 0.293 e. The Balaban J connectivity index is 1.43. The lowest BCUT2D eigenvalue weighted by molar-refractivity contribution is -0.384. The number of furan rings is 1. The molecule has 1 heterocycles. The number of anilines is 1. The maximum atomic E-state index is 12.4. The first-order valence-corrected chi connectivity index (χ1v) is 9.26. The lowest BCUT2D eigenvalue weighted by Gasteiger charge is -2.06. The Labute approximate surface area is 172 Å². The number of hydrogen-bond acceptors (Lipinski definition) is 5. The number of nitrogens with one attached hydrogen (secondary N) is 1. The minimum absolute atomic E-state index is 0.0435. The molecule has 30 heavy (non-hydrogen) atoms. The van der Waals surface area contributed by atoms with Crippen molar-refractivity contribution in [3.8, 4) is 5.75 Å². The van der Waals surface area contributed by atoms with Gasteiger partial charge in [0.1, 0.15) is 23.8 Å². The third-order valence-electron chi connectivity index (χ3n) is 4.59. The van der Waals surface area contributed by atoms with E-state index >= 15 is 0 Å². The van der Waals surface area contributed by atoms with E-state index in [0.29, 0.717) is 11.5 Å². The molecule has 0 saturated carbocycles. The summed E-state index contributed by atoms with van der Waals surface area (Å²) in [6, 6.07) is 21.5. The predicted octanol–water partition coefficient (Wildman–Crippen LogP) is 5.48. The van der Waals surface area contributed by atoms with Gasteiger partial charge in [0.25, 0.3) is 11.6 Å². The molecular weight excluding hydrogens is 384 g/mol. The minimum atomic E-state index is -0.570. The van der Waals surface area contributed by atoms with Crippen molar-refractivity contribution in [3.63, 3.8) is 0 Å². The molecule has 150 valence electrons. The molecule has 0 spiro atoms. The van der Waals surface area contributed by atoms with Gasteiger partial charge in [-0.25, -0.2) is 0 Å². The van der Waals surface area contributed by atoms with Gasteiger partial charge < -0.3 is 14.5 Å². The van der Waals surface area contributed by atoms with Crippen LogP contribution in [0, 0.1) is 17.0 Å². The maximum absolute atomic E-state index is 12.4. The summed E-state index contributed by atoms with van der Waals surface area (Å²) < 4.78 is 11.3. The van der Waals surface area contributed by atoms with E-state index in [1.165, 1.54) is 18.2 Å². The number of nitrogens with zero attached hydrogens (tertiary/aromatic N) is 1. The normalized spacial score (nSPS) is 10.7. The van der Waals surface area contributed by atoms with Gasteiger partial charge in [-0.15, -0.1) is 0 Å². The summed E-state index contributed by atoms with van der Waals surface area (Å²) in [6.45, 7) is 1.89. The molecule has 0 aliphatic heterocycles. The van der Waals surface area contributed by atoms with Gasteiger partial charge in [-0.1, -0.05) is 36.4 Å². The van der Waals surface area contributed by atoms with Crippen LogP contribution in [0.1, 0.15) is 21.9 Å². The van der Waals surface area contributed by atoms with Gasteiger partial charge in [0.15, 0.2) is 5.76 Å². The number of amides is 1. The summed E-state index contributed by atoms with van der Waals surface area (Å²) in [5.41, 5.74) is 0.668. The van der Waals surface area contributed by atoms with Crippen molar-refractivity contribution in [1.82, 2.24) is 0 Å². The Bertz CT molecular complexity index is 1250. The molecule has 7 nitrogen and oxygen atoms in total. The minimum Gasteiger partial charge on any atom is -0.486 e. The van der Waals surface area contributed by atoms with E-state index in [1.807, 2.05) is 42.5 Å². The molecule has 4 aromatic rings. The number of aryl methyl sites for hydroxylation is 1. The van der Waals surface area contributed by atoms with E-state index in [-0.39, 0.29) is 23.7 Å². The first-order valence-electron chi connectivity index (χ1n) is 9.26. The van der Waals surface area contributed by atoms with Crippen LogP contribution < -0.4 is 10.1 Å². The third kappa shape index (κ3) is 4.15. The fraction of sp³-hybridized carbons (Fsp3) is 0.0870. The zero-order chi connectivity index (χ0) is 21.1. The molecular formula is C23H18N2O5. The van der Waals surface area contributed by atoms with E-state index < -0.39 is 10.8 Å². The van der Waals surface area contributed by atoms with Crippen molar-refractivity contribution < 1.29 is 18.9 Å². The fourth-order valence-corrected chi connectivity index (χ4v) is 3.07. The van der Waals surface area contributed by atoms with Crippen molar-refractivity contribution in [2.75, 3.05) is 5.32 Å². The molecule has 1 N–H and O–H groups in total. The van der Waals surface area contributed by atoms with Crippen molar-refractivity contribution in [2.45, 2.75) is 13.5 Å². The first kappa shape index (κ1) is 19.2. The predicted molar refractivity (Wildman–Crippen MR) is 113 cm³/mol. The number of fused-ring (bicyclic) bond motifs is 1. The Morgan fingerprint density at radius 2 is 1.83 bits per heavy atom. The zero-order valence-electron chi connectivity index (χ0n) is 16.1. The summed E-state index contributed by atoms with van der Waals surface area (Å²) in [7, 11) is 0. The summed E-state index contributed by atoms with van der Waals surface area (Å²) in [5.74, 6) is 0.624. The molecule has 0 aliphatic rings. The molecule has 0 fully saturated rings. The smallest absolute Gasteiger partial charge is 0.293 e. The number of nitro benzene ring substituents is 1. The van der Waals surface area contributed by atoms with Crippen LogP contribution in [-0.2, 0) is 6.61 Å². The van der Waals surface area contributed by atoms with Crippen LogP contribution in [0.2, 0.25) is 0 Å². The van der Waals surface area contributed by atoms with Crippen LogP contribution in [0.3, 0.4) is 0 Å². The second-order valence-electron chi connectivity index (χ2n) is 6.80. The molecule has 0 radical (unpaired) electrons. The Kier molecular flexibility index (Phi) is 5.17. The second-order valence-corrected chi connectivity index (χ2v) is 6.80. The molecule has 1 aromatic heterocycles. The quantitative estimate of drug-likeness (QED) is 0.340. The highest BCUT2D eigenvalue weighted by Gasteiger charge is 2.19. The Morgan fingerprint density at radius 3 is 2.63 bits per heavy atom. The molecule has 0 bridgehead atoms. The van der Waals surface area contributed by atoms with Crippen molar-refractivity contribution in [2.24, 2.45) is 0 Å². The average Bonchev–Trinajstić information content (AvgIpc) is 3.22. The number of hydrogen-bond donors (Lipinski definition) is 1. The van der Waals surface area contributed by atoms with Gasteiger partial charge in [-0.05, 0) is 53.6 Å². The standard InChI is InChI=1S/C23H18N2O5/c1-15-6-10-20(21(12-15)25(27)28)24-23(26)22-11-9-19(30-22)14-29-18-8-7-16-4-2-3-5-17(16)13-18/h2-13H,14H2,1H3,(H,24,26). The van der Waals surface area contributed by atoms with Crippen LogP contribution in [0.25, 0.3) is 10.8 Å². The summed E-state index contributed by atoms with van der Waals surface area (Å²) in [5, 5.41) is 15.9. The molecule has 0 atom stereocenters. The Hall–Kier alpha value is -4.13. The summed E-state index contributed by atoms with van der Waals surface area (Å²) >= 11 is 0. The van der Waals surface area contributed by atoms with Crippen molar-refractivity contribution in [3.05, 3.63) is 100.0 Å². The van der Waals surface area contributed by atoms with Crippen LogP contribution in [0.4, 0.5) is 11.4 Å². The van der Waals surface area contributed by atoms with Crippen LogP contribution in [0.15, 0.2) is 77.2 Å². The molecule has 7 heteroatoms. The largest absolute Gasteiger partial charge is 0.486 e. The SMILES string of the molecule is Cc1ccc(NC(=O)c2ccc(COc3ccc4ccccc4c3)o2)c([N+](=O)[O-])c1. The number of nitro groups is 1. The number of carbonyl (C=O) groups excluding carboxylic acids is 1. The number of carbonyl (C=O) groups is 1. The van der Waals surface area contributed by atoms with Crippen LogP contribution in [0.5, 0.6) is 5.75 Å². The topological polar surface area (TPSA) is 94.6 Å². The molecule has 3 aromatic carbocycles. The van der Waals surface area contributed by atoms with E-state index in [1.54, 1.807) is 19.1 Å². The number of benzene rings is 3. The Morgan fingerprint density at radius 1 is 1.03 bits per heavy atom. The van der Waals surface area contributed by atoms with E-state index in [2.05, 4.69) is 5.32 Å². The molecule has 0 aliphatic carbocycles. The van der Waals surface area contributed by atoms with Crippen LogP contribution in [-0.4, -0.2) is 10.8 Å². The highest BCUT2D eigenvalue weighted by atomic mass is 16.6. The second kappa shape index (κ2) is 8.08. The van der Waals surface area contributed by atoms with Gasteiger partial charge in [0.2, 0.25) is 0 Å². The molecule has 4 rings (SSSR count). The highest BCUT2D eigenvalue weighted by molar-refractivity contribution is 6.03. The average molecular weight is 402 g/mol. The van der Waals surface area contributed by atoms with Crippen molar-refractivity contribution >= 4 is 28.1 Å². The first-order chi connectivity index (χ1) is 14.5. The molecule has 0 saturated heterocycles. The van der Waals surface area contributed by atoms with Gasteiger partial charge in [0.05, 0.1) is 4.92 Å². The van der Waals surface area contributed by atoms with E-state index in [4.69, 9.17) is 9.15 Å². The van der Waals surface area contributed by atoms with Gasteiger partial charge in [0, 0.05) is 6.07 Å². The van der Waals surface area contributed by atoms with Gasteiger partial charge in [-0.3, -0.25) is 14.9 Å². The monoisotopic (exact) mass is 402 g/mol. The summed E-state index contributed by atoms with van der Waals surface area (Å²) in [6.07, 6.45) is 0. The fourth-order valence-electron chi connectivity index (χ4n) is 3.07. The van der Waals surface area contributed by atoms with Gasteiger partial charge >= 0.3 is 0 Å². The lowest BCUT2D eigenvalue weighted by Crippen LogP contribution is -2.12. The summed E-state index contributed by atoms with van der Waals surface area (Å²) in [4.78, 5) is 23.1. The van der Waals surface area contributed by atoms with E-state index in [0.717, 1.165) is 16.3 Å². The van der Waals surface area contributed by atoms with Crippen LogP contribution >= 0.6 is 0 Å². The zero-order valence-corrected chi connectivity index (χ0v) is 16.1.